The Morgan fingerprint density at radius 1 is 1.14 bits per heavy atom. The van der Waals surface area contributed by atoms with Gasteiger partial charge < -0.3 is 0 Å². The molecular formula is H5AlKMnO4. The van der Waals surface area contributed by atoms with E-state index in [1.807, 2.05) is 0 Å². The molecule has 0 fully saturated rings. The van der Waals surface area contributed by atoms with E-state index in [4.69, 9.17) is 15.7 Å². The molecule has 0 rings (SSSR count). The molecule has 40 valence electrons. The van der Waals surface area contributed by atoms with Crippen LogP contribution in [0.5, 0.6) is 0 Å². The fourth-order valence-electron chi connectivity index (χ4n) is 0. The predicted octanol–water partition coefficient (Wildman–Crippen LogP) is -2.75. The van der Waals surface area contributed by atoms with Crippen molar-refractivity contribution in [2.75, 3.05) is 0 Å². The molecule has 0 spiro atoms. The van der Waals surface area contributed by atoms with Gasteiger partial charge in [0.25, 0.3) is 0 Å². The van der Waals surface area contributed by atoms with E-state index in [1.54, 1.807) is 0 Å². The molecule has 0 aliphatic carbocycles. The molecule has 4 nitrogen and oxygen atoms in total. The van der Waals surface area contributed by atoms with Gasteiger partial charge in [-0.25, -0.2) is 0 Å². The third-order valence-electron chi connectivity index (χ3n) is 0. The second-order valence-corrected chi connectivity index (χ2v) is 1.63. The van der Waals surface area contributed by atoms with Gasteiger partial charge in [0.05, 0.1) is 0 Å². The molecule has 0 unspecified atom stereocenters. The molecule has 0 aromatic heterocycles. The average Bonchev–Trinajstić information content (AvgIpc) is 0.722. The Labute approximate surface area is 95.4 Å². The van der Waals surface area contributed by atoms with E-state index in [0.717, 1.165) is 0 Å². The first-order valence-corrected chi connectivity index (χ1v) is 2.61. The Hall–Kier alpha value is 2.05. The minimum atomic E-state index is -5.38. The Morgan fingerprint density at radius 3 is 1.14 bits per heavy atom. The van der Waals surface area contributed by atoms with E-state index in [0.29, 0.717) is 0 Å². The maximum atomic E-state index is 8.69. The fraction of sp³-hybridized carbons (Fsp3) is 0. The van der Waals surface area contributed by atoms with Crippen LogP contribution in [-0.4, -0.2) is 72.9 Å². The molecule has 0 saturated heterocycles. The van der Waals surface area contributed by atoms with Crippen molar-refractivity contribution in [3.63, 3.8) is 0 Å². The Balaban J connectivity index is -0.0000000800. The van der Waals surface area contributed by atoms with Crippen LogP contribution < -0.4 is 0 Å². The van der Waals surface area contributed by atoms with Crippen LogP contribution >= 0.6 is 0 Å². The SMILES string of the molecule is [AlH3].[KH].[O]=[Mn](=[O])(=[O])[OH]. The topological polar surface area (TPSA) is 71.4 Å². The third-order valence-corrected chi connectivity index (χ3v) is 0. The van der Waals surface area contributed by atoms with Crippen LogP contribution in [0, 0.1) is 0 Å². The van der Waals surface area contributed by atoms with Gasteiger partial charge in [0, 0.05) is 0 Å². The van der Waals surface area contributed by atoms with Gasteiger partial charge in [0.1, 0.15) is 0 Å². The van der Waals surface area contributed by atoms with E-state index < -0.39 is 13.0 Å². The second-order valence-electron chi connectivity index (χ2n) is 0.396. The molecule has 0 amide bonds. The maximum absolute atomic E-state index is 8.69. The molecule has 0 saturated carbocycles. The first-order valence-electron chi connectivity index (χ1n) is 0.632. The molecule has 0 aliphatic heterocycles. The van der Waals surface area contributed by atoms with Crippen molar-refractivity contribution in [3.8, 4) is 0 Å². The normalized spacial score (nSPS) is 8.14. The van der Waals surface area contributed by atoms with Crippen molar-refractivity contribution < 1.29 is 28.7 Å². The Bertz CT molecular complexity index is 133. The van der Waals surface area contributed by atoms with Gasteiger partial charge in [-0.3, -0.25) is 0 Å². The summed E-state index contributed by atoms with van der Waals surface area (Å²) in [6.45, 7) is 0. The molecular weight excluding hydrogens is 185 g/mol. The summed E-state index contributed by atoms with van der Waals surface area (Å²) in [5, 5.41) is 0. The van der Waals surface area contributed by atoms with Crippen molar-refractivity contribution in [2.45, 2.75) is 0 Å². The van der Waals surface area contributed by atoms with E-state index in [1.165, 1.54) is 0 Å². The summed E-state index contributed by atoms with van der Waals surface area (Å²) >= 11 is -5.38. The summed E-state index contributed by atoms with van der Waals surface area (Å²) < 4.78 is 33.1. The van der Waals surface area contributed by atoms with E-state index in [9.17, 15) is 0 Å². The molecule has 7 heteroatoms. The monoisotopic (exact) mass is 190 g/mol. The number of rotatable bonds is 0. The van der Waals surface area contributed by atoms with E-state index >= 15 is 0 Å². The van der Waals surface area contributed by atoms with Crippen molar-refractivity contribution in [1.82, 2.24) is 0 Å². The van der Waals surface area contributed by atoms with Gasteiger partial charge in [0.2, 0.25) is 0 Å². The van der Waals surface area contributed by atoms with Gasteiger partial charge in [0.15, 0.2) is 17.4 Å². The summed E-state index contributed by atoms with van der Waals surface area (Å²) in [6.07, 6.45) is 0. The van der Waals surface area contributed by atoms with Gasteiger partial charge in [-0.1, -0.05) is 0 Å². The number of hydrogen-bond donors (Lipinski definition) is 1. The van der Waals surface area contributed by atoms with Crippen LogP contribution in [0.2, 0.25) is 0 Å². The van der Waals surface area contributed by atoms with Crippen LogP contribution in [0.1, 0.15) is 0 Å². The standard InChI is InChI=1S/Al.K.Mn.H2O.3O.4H/h;;;1H2;;;;;;;/q;;+1;;;;;;;;/p-1. The molecule has 0 aliphatic rings. The first kappa shape index (κ1) is 16.0. The van der Waals surface area contributed by atoms with Crippen molar-refractivity contribution in [1.29, 1.82) is 0 Å². The quantitative estimate of drug-likeness (QED) is 0.420. The van der Waals surface area contributed by atoms with Crippen molar-refractivity contribution >= 4 is 68.7 Å². The summed E-state index contributed by atoms with van der Waals surface area (Å²) in [5.41, 5.74) is 0. The van der Waals surface area contributed by atoms with Crippen LogP contribution in [-0.2, 0) is 24.5 Å². The predicted molar refractivity (Wildman–Crippen MR) is 21.4 cm³/mol. The molecule has 0 radical (unpaired) electrons. The third kappa shape index (κ3) is 70.2. The van der Waals surface area contributed by atoms with Crippen LogP contribution in [0.4, 0.5) is 0 Å². The summed E-state index contributed by atoms with van der Waals surface area (Å²) in [6, 6.07) is 0. The zero-order valence-corrected chi connectivity index (χ0v) is 3.23. The van der Waals surface area contributed by atoms with E-state index in [-0.39, 0.29) is 68.7 Å². The van der Waals surface area contributed by atoms with Crippen LogP contribution in [0.25, 0.3) is 0 Å². The zero-order valence-electron chi connectivity index (χ0n) is 2.05. The van der Waals surface area contributed by atoms with Crippen LogP contribution in [0.3, 0.4) is 0 Å². The minimum absolute atomic E-state index is 0. The molecule has 0 bridgehead atoms. The average molecular weight is 190 g/mol. The number of hydrogen-bond acceptors (Lipinski definition) is 3. The zero-order chi connectivity index (χ0) is 4.50. The summed E-state index contributed by atoms with van der Waals surface area (Å²) in [4.78, 5) is 0. The van der Waals surface area contributed by atoms with Crippen molar-refractivity contribution in [3.05, 3.63) is 0 Å². The van der Waals surface area contributed by atoms with Crippen molar-refractivity contribution in [2.24, 2.45) is 0 Å². The molecule has 0 atom stereocenters. The molecule has 0 heterocycles. The second kappa shape index (κ2) is 6.17. The summed E-state index contributed by atoms with van der Waals surface area (Å²) in [7, 11) is 0. The fourth-order valence-corrected chi connectivity index (χ4v) is 0. The van der Waals surface area contributed by atoms with Crippen LogP contribution in [0.15, 0.2) is 0 Å². The Morgan fingerprint density at radius 2 is 1.14 bits per heavy atom. The molecule has 0 aromatic rings. The summed E-state index contributed by atoms with van der Waals surface area (Å²) in [5.74, 6) is 0. The first-order chi connectivity index (χ1) is 2.00. The van der Waals surface area contributed by atoms with Gasteiger partial charge in [-0.2, -0.15) is 0 Å². The van der Waals surface area contributed by atoms with E-state index in [2.05, 4.69) is 0 Å². The Kier molecular flexibility index (Phi) is 14.1. The van der Waals surface area contributed by atoms with Gasteiger partial charge in [-0.05, 0) is 0 Å². The molecule has 0 aromatic carbocycles. The molecule has 1 N–H and O–H groups in total. The molecule has 7 heavy (non-hydrogen) atoms. The van der Waals surface area contributed by atoms with Gasteiger partial charge >= 0.3 is 80.0 Å². The van der Waals surface area contributed by atoms with Gasteiger partial charge in [-0.15, -0.1) is 0 Å².